The molecule has 4 heteroatoms. The van der Waals surface area contributed by atoms with E-state index in [1.807, 2.05) is 25.1 Å². The van der Waals surface area contributed by atoms with E-state index in [1.165, 1.54) is 17.7 Å². The molecule has 1 aliphatic rings. The fourth-order valence-corrected chi connectivity index (χ4v) is 3.67. The number of carbonyl (C=O) groups is 1. The maximum atomic E-state index is 12.8. The first-order chi connectivity index (χ1) is 10.6. The zero-order valence-corrected chi connectivity index (χ0v) is 13.7. The van der Waals surface area contributed by atoms with Crippen LogP contribution in [0.5, 0.6) is 5.75 Å². The summed E-state index contributed by atoms with van der Waals surface area (Å²) in [5.74, 6) is 1.75. The lowest BCUT2D eigenvalue weighted by Gasteiger charge is -2.27. The van der Waals surface area contributed by atoms with E-state index >= 15 is 0 Å². The molecule has 2 N–H and O–H groups in total. The van der Waals surface area contributed by atoms with Crippen LogP contribution in [0.1, 0.15) is 35.8 Å². The van der Waals surface area contributed by atoms with Crippen LogP contribution in [0.25, 0.3) is 10.9 Å². The monoisotopic (exact) mass is 301 g/mol. The highest BCUT2D eigenvalue weighted by Gasteiger charge is 2.25. The van der Waals surface area contributed by atoms with Crippen molar-refractivity contribution in [1.82, 2.24) is 4.98 Å². The number of aryl methyl sites for hydroxylation is 1. The predicted octanol–water partition coefficient (Wildman–Crippen LogP) is 1.98. The summed E-state index contributed by atoms with van der Waals surface area (Å²) >= 11 is 0. The third kappa shape index (κ3) is 2.88. The maximum absolute atomic E-state index is 12.8. The number of hydrogen-bond acceptors (Lipinski definition) is 2. The highest BCUT2D eigenvalue weighted by molar-refractivity contribution is 6.10. The third-order valence-corrected chi connectivity index (χ3v) is 4.75. The first kappa shape index (κ1) is 15.1. The van der Waals surface area contributed by atoms with Gasteiger partial charge in [0, 0.05) is 22.5 Å². The normalized spacial score (nSPS) is 22.0. The molecular weight excluding hydrogens is 276 g/mol. The number of piperidine rings is 1. The summed E-state index contributed by atoms with van der Waals surface area (Å²) in [7, 11) is 1.65. The summed E-state index contributed by atoms with van der Waals surface area (Å²) in [6.07, 6.45) is 2.52. The molecule has 1 unspecified atom stereocenters. The molecule has 1 saturated heterocycles. The van der Waals surface area contributed by atoms with Gasteiger partial charge in [-0.25, -0.2) is 0 Å². The number of carbonyl (C=O) groups excluding carboxylic acids is 1. The summed E-state index contributed by atoms with van der Waals surface area (Å²) in [6, 6.07) is 5.86. The Bertz CT molecular complexity index is 690. The van der Waals surface area contributed by atoms with E-state index in [4.69, 9.17) is 4.74 Å². The second kappa shape index (κ2) is 6.13. The van der Waals surface area contributed by atoms with Gasteiger partial charge in [-0.05, 0) is 38.0 Å². The molecule has 0 aliphatic carbocycles. The molecule has 4 nitrogen and oxygen atoms in total. The molecule has 22 heavy (non-hydrogen) atoms. The molecule has 118 valence electrons. The van der Waals surface area contributed by atoms with Crippen molar-refractivity contribution in [2.24, 2.45) is 5.92 Å². The quantitative estimate of drug-likeness (QED) is 0.848. The van der Waals surface area contributed by atoms with Gasteiger partial charge in [-0.2, -0.15) is 0 Å². The summed E-state index contributed by atoms with van der Waals surface area (Å²) in [5, 5.41) is 0.978. The Morgan fingerprint density at radius 3 is 3.00 bits per heavy atom. The number of quaternary nitrogens is 1. The summed E-state index contributed by atoms with van der Waals surface area (Å²) < 4.78 is 5.30. The summed E-state index contributed by atoms with van der Waals surface area (Å²) in [6.45, 7) is 7.08. The topological polar surface area (TPSA) is 46.5 Å². The number of aromatic amines is 1. The first-order valence-corrected chi connectivity index (χ1v) is 8.11. The van der Waals surface area contributed by atoms with Crippen molar-refractivity contribution in [3.63, 3.8) is 0 Å². The Hall–Kier alpha value is -1.81. The van der Waals surface area contributed by atoms with E-state index in [0.29, 0.717) is 6.54 Å². The summed E-state index contributed by atoms with van der Waals surface area (Å²) in [4.78, 5) is 17.6. The zero-order chi connectivity index (χ0) is 15.7. The fourth-order valence-electron chi connectivity index (χ4n) is 3.67. The third-order valence-electron chi connectivity index (χ3n) is 4.75. The van der Waals surface area contributed by atoms with Crippen LogP contribution in [0.2, 0.25) is 0 Å². The Kier molecular flexibility index (Phi) is 4.21. The van der Waals surface area contributed by atoms with Gasteiger partial charge in [0.15, 0.2) is 0 Å². The van der Waals surface area contributed by atoms with E-state index in [1.54, 1.807) is 7.11 Å². The van der Waals surface area contributed by atoms with Gasteiger partial charge in [0.2, 0.25) is 5.78 Å². The SMILES string of the molecule is COc1ccc2[nH]c(C)c(C(=O)C[NH+]3CCC[C@@H](C)C3)c2c1. The molecule has 1 aromatic carbocycles. The smallest absolute Gasteiger partial charge is 0.219 e. The van der Waals surface area contributed by atoms with Crippen molar-refractivity contribution in [1.29, 1.82) is 0 Å². The molecule has 0 saturated carbocycles. The molecular formula is C18H25N2O2+. The van der Waals surface area contributed by atoms with Gasteiger partial charge in [0.25, 0.3) is 0 Å². The van der Waals surface area contributed by atoms with Crippen LogP contribution in [0, 0.1) is 12.8 Å². The number of ether oxygens (including phenoxy) is 1. The second-order valence-corrected chi connectivity index (χ2v) is 6.59. The Morgan fingerprint density at radius 1 is 1.45 bits per heavy atom. The molecule has 1 fully saturated rings. The lowest BCUT2D eigenvalue weighted by Crippen LogP contribution is -3.14. The largest absolute Gasteiger partial charge is 0.497 e. The Labute approximate surface area is 131 Å². The number of fused-ring (bicyclic) bond motifs is 1. The van der Waals surface area contributed by atoms with Crippen LogP contribution in [-0.4, -0.2) is 37.5 Å². The number of aromatic nitrogens is 1. The highest BCUT2D eigenvalue weighted by atomic mass is 16.5. The van der Waals surface area contributed by atoms with Gasteiger partial charge in [-0.1, -0.05) is 6.92 Å². The fraction of sp³-hybridized carbons (Fsp3) is 0.500. The maximum Gasteiger partial charge on any atom is 0.219 e. The van der Waals surface area contributed by atoms with Crippen molar-refractivity contribution in [3.05, 3.63) is 29.5 Å². The molecule has 1 aliphatic heterocycles. The number of ketones is 1. The highest BCUT2D eigenvalue weighted by Crippen LogP contribution is 2.26. The van der Waals surface area contributed by atoms with Crippen LogP contribution in [0.15, 0.2) is 18.2 Å². The number of rotatable bonds is 4. The van der Waals surface area contributed by atoms with Crippen molar-refractivity contribution in [3.8, 4) is 5.75 Å². The van der Waals surface area contributed by atoms with Crippen molar-refractivity contribution >= 4 is 16.7 Å². The molecule has 0 bridgehead atoms. The van der Waals surface area contributed by atoms with Crippen LogP contribution in [0.3, 0.4) is 0 Å². The first-order valence-electron chi connectivity index (χ1n) is 8.11. The lowest BCUT2D eigenvalue weighted by molar-refractivity contribution is -0.900. The molecule has 2 atom stereocenters. The minimum atomic E-state index is 0.237. The standard InChI is InChI=1S/C18H24N2O2/c1-12-5-4-8-20(10-12)11-17(21)18-13(2)19-16-7-6-14(22-3)9-15(16)18/h6-7,9,12,19H,4-5,8,10-11H2,1-3H3/p+1/t12-/m1/s1. The molecule has 2 aromatic rings. The number of H-pyrrole nitrogens is 1. The minimum Gasteiger partial charge on any atom is -0.497 e. The molecule has 1 aromatic heterocycles. The number of likely N-dealkylation sites (tertiary alicyclic amines) is 1. The van der Waals surface area contributed by atoms with Crippen LogP contribution < -0.4 is 9.64 Å². The lowest BCUT2D eigenvalue weighted by atomic mass is 9.99. The van der Waals surface area contributed by atoms with Crippen LogP contribution >= 0.6 is 0 Å². The molecule has 0 spiro atoms. The number of nitrogens with one attached hydrogen (secondary N) is 2. The van der Waals surface area contributed by atoms with Gasteiger partial charge in [-0.3, -0.25) is 4.79 Å². The zero-order valence-electron chi connectivity index (χ0n) is 13.7. The van der Waals surface area contributed by atoms with Gasteiger partial charge in [0.05, 0.1) is 25.8 Å². The van der Waals surface area contributed by atoms with Gasteiger partial charge >= 0.3 is 0 Å². The molecule has 0 radical (unpaired) electrons. The average molecular weight is 301 g/mol. The molecule has 3 rings (SSSR count). The van der Waals surface area contributed by atoms with Gasteiger partial charge < -0.3 is 14.6 Å². The predicted molar refractivity (Wildman–Crippen MR) is 87.9 cm³/mol. The van der Waals surface area contributed by atoms with Gasteiger partial charge in [0.1, 0.15) is 12.3 Å². The Morgan fingerprint density at radius 2 is 2.27 bits per heavy atom. The molecule has 0 amide bonds. The van der Waals surface area contributed by atoms with Crippen LogP contribution in [-0.2, 0) is 0 Å². The van der Waals surface area contributed by atoms with Crippen molar-refractivity contribution in [2.45, 2.75) is 26.7 Å². The van der Waals surface area contributed by atoms with Crippen molar-refractivity contribution in [2.75, 3.05) is 26.7 Å². The minimum absolute atomic E-state index is 0.237. The van der Waals surface area contributed by atoms with E-state index in [-0.39, 0.29) is 5.78 Å². The number of Topliss-reactive ketones (excluding diaryl/α,β-unsaturated/α-hetero) is 1. The Balaban J connectivity index is 1.88. The van der Waals surface area contributed by atoms with E-state index in [9.17, 15) is 4.79 Å². The van der Waals surface area contributed by atoms with Crippen LogP contribution in [0.4, 0.5) is 0 Å². The number of hydrogen-bond donors (Lipinski definition) is 2. The number of methoxy groups -OCH3 is 1. The number of benzene rings is 1. The molecule has 2 heterocycles. The van der Waals surface area contributed by atoms with Gasteiger partial charge in [-0.15, -0.1) is 0 Å². The van der Waals surface area contributed by atoms with E-state index in [0.717, 1.165) is 46.9 Å². The summed E-state index contributed by atoms with van der Waals surface area (Å²) in [5.41, 5.74) is 2.79. The van der Waals surface area contributed by atoms with Crippen molar-refractivity contribution < 1.29 is 14.4 Å². The second-order valence-electron chi connectivity index (χ2n) is 6.59. The van der Waals surface area contributed by atoms with E-state index in [2.05, 4.69) is 11.9 Å². The average Bonchev–Trinajstić information content (AvgIpc) is 2.82. The van der Waals surface area contributed by atoms with E-state index < -0.39 is 0 Å².